The van der Waals surface area contributed by atoms with Gasteiger partial charge in [0.15, 0.2) is 12.3 Å². The number of hydrogen-bond acceptors (Lipinski definition) is 31. The highest BCUT2D eigenvalue weighted by molar-refractivity contribution is 7.94. The summed E-state index contributed by atoms with van der Waals surface area (Å²) >= 11 is 0.802. The first kappa shape index (κ1) is 96.2. The summed E-state index contributed by atoms with van der Waals surface area (Å²) in [5.41, 5.74) is 3.68. The first-order chi connectivity index (χ1) is 52.8. The van der Waals surface area contributed by atoms with Crippen LogP contribution in [0, 0.1) is 0 Å². The third-order valence-corrected chi connectivity index (χ3v) is 17.8. The third-order valence-electron chi connectivity index (χ3n) is 16.4. The predicted molar refractivity (Wildman–Crippen MR) is 394 cm³/mol. The molecule has 0 saturated heterocycles. The number of ether oxygens (including phenoxy) is 20. The number of allylic oxidation sites excluding steroid dienone is 6. The molecule has 0 fully saturated rings. The molecule has 0 aromatic heterocycles. The fraction of sp³-hybridized carbons (Fsp3) is 0.730. The largest absolute Gasteiger partial charge is 0.744 e. The van der Waals surface area contributed by atoms with Crippen molar-refractivity contribution in [1.82, 2.24) is 0 Å². The molecule has 1 N–H and O–H groups in total. The van der Waals surface area contributed by atoms with Crippen LogP contribution in [0.2, 0.25) is 0 Å². The molecule has 0 spiro atoms. The summed E-state index contributed by atoms with van der Waals surface area (Å²) in [4.78, 5) is 25.1. The van der Waals surface area contributed by atoms with Crippen LogP contribution in [-0.4, -0.2) is 326 Å². The molecular formula is C74H121N2O30S2-. The van der Waals surface area contributed by atoms with E-state index in [9.17, 15) is 28.1 Å². The van der Waals surface area contributed by atoms with E-state index in [0.29, 0.717) is 299 Å². The van der Waals surface area contributed by atoms with E-state index in [-0.39, 0.29) is 31.1 Å². The lowest BCUT2D eigenvalue weighted by atomic mass is 9.78. The summed E-state index contributed by atoms with van der Waals surface area (Å²) in [6.45, 7) is 24.3. The normalized spacial score (nSPS) is 15.4. The molecule has 108 heavy (non-hydrogen) atoms. The van der Waals surface area contributed by atoms with Gasteiger partial charge in [-0.2, -0.15) is 8.91 Å². The molecule has 0 radical (unpaired) electrons. The maximum atomic E-state index is 12.3. The quantitative estimate of drug-likeness (QED) is 0.0161. The van der Waals surface area contributed by atoms with E-state index >= 15 is 0 Å². The Hall–Kier alpha value is -4.14. The Bertz CT molecular complexity index is 2840. The molecule has 2 heterocycles. The lowest BCUT2D eigenvalue weighted by Crippen LogP contribution is -2.30. The maximum absolute atomic E-state index is 12.3. The van der Waals surface area contributed by atoms with Crippen LogP contribution < -0.4 is 10.2 Å². The molecule has 2 aromatic carbocycles. The first-order valence-corrected chi connectivity index (χ1v) is 39.1. The van der Waals surface area contributed by atoms with Crippen molar-refractivity contribution >= 4 is 45.2 Å². The number of carboxylic acids is 1. The van der Waals surface area contributed by atoms with E-state index in [0.717, 1.165) is 34.7 Å². The van der Waals surface area contributed by atoms with Gasteiger partial charge in [0.2, 0.25) is 5.69 Å². The standard InChI is InChI=1S/C74H122N2O30S2/c1-73(2)66-63-65(108(80,81)82)16-18-68(66)76(21-23-103-104-61-60-102-59-58-101-57-56-100-55-54-99-53-49-96-45-43-93-39-37-90-33-31-87-27-25-84-5)70(73)12-8-6-9-13-71-74(3,67-62-64(107-106-105-79)15-17-69(67)75(71)20-11-7-10-14-72(77)78)19-22-85-28-29-88-34-35-91-40-41-94-46-47-97-51-52-98-50-48-95-44-42-92-38-36-89-32-30-86-26-24-83-4/h6,8-9,12-13,15-18,62-63H,7,10-11,14,19-61H2,1-5H3,(H2-,77,78,79,80,81,82)/p-1. The molecule has 0 aliphatic carbocycles. The van der Waals surface area contributed by atoms with E-state index in [1.165, 1.54) is 12.1 Å². The second-order valence-corrected chi connectivity index (χ2v) is 26.7. The van der Waals surface area contributed by atoms with Crippen molar-refractivity contribution in [2.45, 2.75) is 73.5 Å². The molecular weight excluding hydrogens is 1460 g/mol. The van der Waals surface area contributed by atoms with Crippen LogP contribution in [-0.2, 0) is 140 Å². The monoisotopic (exact) mass is 1580 g/mol. The number of unbranched alkanes of at least 4 members (excludes halogenated alkanes) is 2. The van der Waals surface area contributed by atoms with Crippen molar-refractivity contribution < 1.29 is 147 Å². The third kappa shape index (κ3) is 43.2. The number of methoxy groups -OCH3 is 2. The zero-order valence-corrected chi connectivity index (χ0v) is 65.7. The van der Waals surface area contributed by atoms with E-state index in [1.54, 1.807) is 20.3 Å². The van der Waals surface area contributed by atoms with Gasteiger partial charge in [0, 0.05) is 73.2 Å². The Balaban J connectivity index is 1.19. The predicted octanol–water partition coefficient (Wildman–Crippen LogP) is 5.55. The van der Waals surface area contributed by atoms with Crippen LogP contribution in [0.1, 0.15) is 64.0 Å². The minimum absolute atomic E-state index is 0.0711. The topological polar surface area (TPSA) is 345 Å². The van der Waals surface area contributed by atoms with Gasteiger partial charge in [-0.3, -0.25) is 9.83 Å². The minimum atomic E-state index is -4.76. The van der Waals surface area contributed by atoms with Crippen LogP contribution in [0.15, 0.2) is 82.3 Å². The molecule has 2 aromatic rings. The van der Waals surface area contributed by atoms with Gasteiger partial charge in [-0.25, -0.2) is 18.2 Å². The molecule has 32 nitrogen and oxygen atoms in total. The molecule has 4 rings (SSSR count). The zero-order valence-electron chi connectivity index (χ0n) is 64.1. The highest BCUT2D eigenvalue weighted by Crippen LogP contribution is 2.51. The van der Waals surface area contributed by atoms with Gasteiger partial charge in [-0.15, -0.1) is 0 Å². The molecule has 1 unspecified atom stereocenters. The van der Waals surface area contributed by atoms with Gasteiger partial charge < -0.3 is 115 Å². The maximum Gasteiger partial charge on any atom is 0.303 e. The number of hydrogen-bond donors (Lipinski definition) is 1. The van der Waals surface area contributed by atoms with Crippen LogP contribution in [0.4, 0.5) is 11.4 Å². The van der Waals surface area contributed by atoms with Gasteiger partial charge in [0.05, 0.1) is 267 Å². The smallest absolute Gasteiger partial charge is 0.303 e. The van der Waals surface area contributed by atoms with Gasteiger partial charge in [0.1, 0.15) is 23.3 Å². The van der Waals surface area contributed by atoms with E-state index in [2.05, 4.69) is 22.9 Å². The number of anilines is 1. The fourth-order valence-corrected chi connectivity index (χ4v) is 11.8. The second-order valence-electron chi connectivity index (χ2n) is 24.6. The first-order valence-electron chi connectivity index (χ1n) is 37.0. The molecule has 0 amide bonds. The Labute approximate surface area is 642 Å². The van der Waals surface area contributed by atoms with Crippen LogP contribution in [0.25, 0.3) is 0 Å². The Morgan fingerprint density at radius 3 is 1.28 bits per heavy atom. The number of carboxylic acid groups (broad SMARTS) is 1. The van der Waals surface area contributed by atoms with Gasteiger partial charge in [-0.05, 0) is 82.0 Å². The lowest BCUT2D eigenvalue weighted by Gasteiger charge is -2.30. The lowest BCUT2D eigenvalue weighted by molar-refractivity contribution is -0.777. The Kier molecular flexibility index (Phi) is 56.4. The molecule has 0 bridgehead atoms. The van der Waals surface area contributed by atoms with Gasteiger partial charge in [-0.1, -0.05) is 24.6 Å². The molecule has 34 heteroatoms. The number of benzene rings is 2. The van der Waals surface area contributed by atoms with E-state index < -0.39 is 26.9 Å². The average Bonchev–Trinajstić information content (AvgIpc) is 1.59. The average molecular weight is 1580 g/mol. The summed E-state index contributed by atoms with van der Waals surface area (Å²) in [5, 5.41) is 24.0. The van der Waals surface area contributed by atoms with Crippen LogP contribution in [0.3, 0.4) is 0 Å². The summed E-state index contributed by atoms with van der Waals surface area (Å²) < 4.78 is 154. The Morgan fingerprint density at radius 1 is 0.481 bits per heavy atom. The number of rotatable bonds is 77. The summed E-state index contributed by atoms with van der Waals surface area (Å²) in [6.07, 6.45) is 12.3. The van der Waals surface area contributed by atoms with Crippen LogP contribution in [0.5, 0.6) is 0 Å². The molecule has 2 aliphatic rings. The van der Waals surface area contributed by atoms with Crippen molar-refractivity contribution in [3.05, 3.63) is 83.6 Å². The zero-order chi connectivity index (χ0) is 77.5. The SMILES string of the molecule is COCCOCCOCCOCCOCCOCCOCCOCCOCCOCCOCCC1(C)C(=CC=CC=CC2=[N+](CCOOCCOCCOCCOCCOCCOCCOCCOCCOCCOC)c3ccc(S(=O)(=O)[O-])cc3C2(C)C)N(CCCCCC(=O)O)c2ccc(SOO[O-])cc21. The number of aliphatic carboxylic acids is 1. The number of nitrogens with zero attached hydrogens (tertiary/aromatic N) is 2. The fourth-order valence-electron chi connectivity index (χ4n) is 10.9. The Morgan fingerprint density at radius 2 is 0.880 bits per heavy atom. The summed E-state index contributed by atoms with van der Waals surface area (Å²) in [6, 6.07) is 10.2. The van der Waals surface area contributed by atoms with Crippen molar-refractivity contribution in [3.8, 4) is 0 Å². The van der Waals surface area contributed by atoms with E-state index in [4.69, 9.17) is 109 Å². The molecule has 0 saturated carbocycles. The van der Waals surface area contributed by atoms with E-state index in [1.807, 2.05) is 60.9 Å². The van der Waals surface area contributed by atoms with Gasteiger partial charge >= 0.3 is 5.97 Å². The molecule has 2 aliphatic heterocycles. The molecule has 620 valence electrons. The minimum Gasteiger partial charge on any atom is -0.744 e. The van der Waals surface area contributed by atoms with Crippen molar-refractivity contribution in [3.63, 3.8) is 0 Å². The summed E-state index contributed by atoms with van der Waals surface area (Å²) in [5.74, 6) is -0.844. The second kappa shape index (κ2) is 63.3. The van der Waals surface area contributed by atoms with Gasteiger partial charge in [0.25, 0.3) is 0 Å². The molecule has 1 atom stereocenters. The van der Waals surface area contributed by atoms with Crippen molar-refractivity contribution in [2.24, 2.45) is 0 Å². The highest BCUT2D eigenvalue weighted by Gasteiger charge is 2.45. The summed E-state index contributed by atoms with van der Waals surface area (Å²) in [7, 11) is -1.49. The highest BCUT2D eigenvalue weighted by atomic mass is 32.2. The number of carbonyl (C=O) groups is 1. The van der Waals surface area contributed by atoms with Crippen LogP contribution >= 0.6 is 12.0 Å². The van der Waals surface area contributed by atoms with Crippen molar-refractivity contribution in [1.29, 1.82) is 0 Å². The number of fused-ring (bicyclic) bond motifs is 2. The van der Waals surface area contributed by atoms with Crippen molar-refractivity contribution in [2.75, 3.05) is 296 Å².